The number of hydrogen-bond acceptors (Lipinski definition) is 3. The van der Waals surface area contributed by atoms with Crippen LogP contribution in [0.2, 0.25) is 0 Å². The molecule has 2 fully saturated rings. The average Bonchev–Trinajstić information content (AvgIpc) is 3.55. The van der Waals surface area contributed by atoms with Crippen molar-refractivity contribution in [2.24, 2.45) is 5.92 Å². The molecular weight excluding hydrogens is 357 g/mol. The third-order valence-corrected chi connectivity index (χ3v) is 5.96. The van der Waals surface area contributed by atoms with Crippen molar-refractivity contribution in [3.63, 3.8) is 0 Å². The van der Waals surface area contributed by atoms with E-state index in [1.165, 1.54) is 12.1 Å². The molecule has 5 nitrogen and oxygen atoms in total. The van der Waals surface area contributed by atoms with Crippen LogP contribution in [0.4, 0.5) is 4.39 Å². The fraction of sp³-hybridized carbons (Fsp3) is 0.409. The highest BCUT2D eigenvalue weighted by Gasteiger charge is 2.51. The van der Waals surface area contributed by atoms with Gasteiger partial charge in [0.1, 0.15) is 5.82 Å². The summed E-state index contributed by atoms with van der Waals surface area (Å²) in [6.45, 7) is 2.02. The van der Waals surface area contributed by atoms with Gasteiger partial charge in [-0.3, -0.25) is 14.6 Å². The zero-order valence-electron chi connectivity index (χ0n) is 15.7. The topological polar surface area (TPSA) is 62.3 Å². The molecule has 1 saturated carbocycles. The maximum Gasteiger partial charge on any atom is 0.253 e. The van der Waals surface area contributed by atoms with Gasteiger partial charge >= 0.3 is 0 Å². The van der Waals surface area contributed by atoms with Gasteiger partial charge in [0.05, 0.1) is 5.41 Å². The molecule has 2 aromatic rings. The average molecular weight is 381 g/mol. The van der Waals surface area contributed by atoms with E-state index < -0.39 is 5.41 Å². The second-order valence-electron chi connectivity index (χ2n) is 7.77. The maximum atomic E-state index is 13.2. The minimum absolute atomic E-state index is 0.0365. The largest absolute Gasteiger partial charge is 0.355 e. The SMILES string of the molecule is O=C(c1ccncc1)N1CCC(CNC(=O)C2(c3ccc(F)cc3)CC2)CC1. The van der Waals surface area contributed by atoms with Gasteiger partial charge in [0.25, 0.3) is 5.91 Å². The van der Waals surface area contributed by atoms with Crippen LogP contribution in [-0.2, 0) is 10.2 Å². The van der Waals surface area contributed by atoms with E-state index in [4.69, 9.17) is 0 Å². The molecule has 0 spiro atoms. The van der Waals surface area contributed by atoms with Gasteiger partial charge in [-0.2, -0.15) is 0 Å². The highest BCUT2D eigenvalue weighted by atomic mass is 19.1. The second-order valence-corrected chi connectivity index (χ2v) is 7.77. The molecule has 1 saturated heterocycles. The van der Waals surface area contributed by atoms with Crippen LogP contribution in [0.1, 0.15) is 41.6 Å². The highest BCUT2D eigenvalue weighted by Crippen LogP contribution is 2.48. The first kappa shape index (κ1) is 18.6. The van der Waals surface area contributed by atoms with Gasteiger partial charge in [0, 0.05) is 37.6 Å². The third-order valence-electron chi connectivity index (χ3n) is 5.96. The van der Waals surface area contributed by atoms with Crippen molar-refractivity contribution in [2.75, 3.05) is 19.6 Å². The lowest BCUT2D eigenvalue weighted by Gasteiger charge is -2.32. The fourth-order valence-corrected chi connectivity index (χ4v) is 3.96. The number of carbonyl (C=O) groups is 2. The van der Waals surface area contributed by atoms with E-state index in [-0.39, 0.29) is 17.6 Å². The molecule has 1 aromatic heterocycles. The number of pyridine rings is 1. The quantitative estimate of drug-likeness (QED) is 0.866. The molecule has 1 aliphatic carbocycles. The van der Waals surface area contributed by atoms with E-state index in [1.54, 1.807) is 36.7 Å². The number of piperidine rings is 1. The summed E-state index contributed by atoms with van der Waals surface area (Å²) in [4.78, 5) is 31.0. The molecule has 28 heavy (non-hydrogen) atoms. The van der Waals surface area contributed by atoms with E-state index in [0.717, 1.165) is 31.2 Å². The van der Waals surface area contributed by atoms with Crippen molar-refractivity contribution in [2.45, 2.75) is 31.1 Å². The van der Waals surface area contributed by atoms with Gasteiger partial charge in [0.15, 0.2) is 0 Å². The molecule has 6 heteroatoms. The Bertz CT molecular complexity index is 842. The number of benzene rings is 1. The van der Waals surface area contributed by atoms with Crippen molar-refractivity contribution in [1.82, 2.24) is 15.2 Å². The number of likely N-dealkylation sites (tertiary alicyclic amines) is 1. The minimum Gasteiger partial charge on any atom is -0.355 e. The molecule has 2 amide bonds. The van der Waals surface area contributed by atoms with E-state index in [1.807, 2.05) is 4.90 Å². The van der Waals surface area contributed by atoms with Crippen molar-refractivity contribution in [3.05, 3.63) is 65.7 Å². The number of halogens is 1. The number of hydrogen-bond donors (Lipinski definition) is 1. The van der Waals surface area contributed by atoms with E-state index >= 15 is 0 Å². The van der Waals surface area contributed by atoms with Crippen molar-refractivity contribution in [1.29, 1.82) is 0 Å². The van der Waals surface area contributed by atoms with Crippen LogP contribution in [0.15, 0.2) is 48.8 Å². The van der Waals surface area contributed by atoms with Crippen molar-refractivity contribution >= 4 is 11.8 Å². The van der Waals surface area contributed by atoms with E-state index in [2.05, 4.69) is 10.3 Å². The van der Waals surface area contributed by atoms with Gasteiger partial charge < -0.3 is 10.2 Å². The Balaban J connectivity index is 1.27. The number of carbonyl (C=O) groups excluding carboxylic acids is 2. The van der Waals surface area contributed by atoms with E-state index in [9.17, 15) is 14.0 Å². The summed E-state index contributed by atoms with van der Waals surface area (Å²) in [5.74, 6) is 0.162. The molecular formula is C22H24FN3O2. The molecule has 1 N–H and O–H groups in total. The summed E-state index contributed by atoms with van der Waals surface area (Å²) < 4.78 is 13.2. The highest BCUT2D eigenvalue weighted by molar-refractivity contribution is 5.94. The van der Waals surface area contributed by atoms with Crippen LogP contribution in [-0.4, -0.2) is 41.3 Å². The van der Waals surface area contributed by atoms with Crippen molar-refractivity contribution in [3.8, 4) is 0 Å². The summed E-state index contributed by atoms with van der Waals surface area (Å²) in [6, 6.07) is 9.73. The van der Waals surface area contributed by atoms with Crippen molar-refractivity contribution < 1.29 is 14.0 Å². The Labute approximate surface area is 164 Å². The molecule has 1 aromatic carbocycles. The predicted molar refractivity (Wildman–Crippen MR) is 103 cm³/mol. The van der Waals surface area contributed by atoms with Crippen LogP contribution in [0, 0.1) is 11.7 Å². The predicted octanol–water partition coefficient (Wildman–Crippen LogP) is 2.92. The molecule has 4 rings (SSSR count). The van der Waals surface area contributed by atoms with Gasteiger partial charge in [-0.1, -0.05) is 12.1 Å². The zero-order chi connectivity index (χ0) is 19.6. The summed E-state index contributed by atoms with van der Waals surface area (Å²) in [7, 11) is 0. The Kier molecular flexibility index (Phi) is 5.11. The molecule has 1 aliphatic heterocycles. The number of amides is 2. The Morgan fingerprint density at radius 3 is 2.32 bits per heavy atom. The van der Waals surface area contributed by atoms with Crippen LogP contribution < -0.4 is 5.32 Å². The lowest BCUT2D eigenvalue weighted by atomic mass is 9.93. The Hall–Kier alpha value is -2.76. The Morgan fingerprint density at radius 2 is 1.71 bits per heavy atom. The normalized spacial score (nSPS) is 18.5. The standard InChI is InChI=1S/C22H24FN3O2/c23-19-3-1-18(2-4-19)22(9-10-22)21(28)25-15-16-7-13-26(14-8-16)20(27)17-5-11-24-12-6-17/h1-6,11-12,16H,7-10,13-15H2,(H,25,28). The van der Waals surface area contributed by atoms with Gasteiger partial charge in [-0.05, 0) is 61.4 Å². The van der Waals surface area contributed by atoms with Gasteiger partial charge in [-0.25, -0.2) is 4.39 Å². The summed E-state index contributed by atoms with van der Waals surface area (Å²) >= 11 is 0. The van der Waals surface area contributed by atoms with Crippen LogP contribution in [0.3, 0.4) is 0 Å². The molecule has 0 bridgehead atoms. The van der Waals surface area contributed by atoms with Crippen LogP contribution >= 0.6 is 0 Å². The summed E-state index contributed by atoms with van der Waals surface area (Å²) in [6.07, 6.45) is 6.63. The first-order chi connectivity index (χ1) is 13.6. The van der Waals surface area contributed by atoms with Crippen LogP contribution in [0.5, 0.6) is 0 Å². The molecule has 0 atom stereocenters. The molecule has 146 valence electrons. The van der Waals surface area contributed by atoms with E-state index in [0.29, 0.717) is 31.1 Å². The number of aromatic nitrogens is 1. The first-order valence-electron chi connectivity index (χ1n) is 9.82. The van der Waals surface area contributed by atoms with Crippen LogP contribution in [0.25, 0.3) is 0 Å². The lowest BCUT2D eigenvalue weighted by Crippen LogP contribution is -2.43. The first-order valence-corrected chi connectivity index (χ1v) is 9.82. The number of nitrogens with one attached hydrogen (secondary N) is 1. The lowest BCUT2D eigenvalue weighted by molar-refractivity contribution is -0.123. The fourth-order valence-electron chi connectivity index (χ4n) is 3.96. The molecule has 2 aliphatic rings. The molecule has 0 unspecified atom stereocenters. The number of nitrogens with zero attached hydrogens (tertiary/aromatic N) is 2. The minimum atomic E-state index is -0.480. The number of rotatable bonds is 5. The zero-order valence-corrected chi connectivity index (χ0v) is 15.7. The molecule has 2 heterocycles. The summed E-state index contributed by atoms with van der Waals surface area (Å²) in [5, 5.41) is 3.10. The monoisotopic (exact) mass is 381 g/mol. The molecule has 0 radical (unpaired) electrons. The summed E-state index contributed by atoms with van der Waals surface area (Å²) in [5.41, 5.74) is 1.08. The Morgan fingerprint density at radius 1 is 1.07 bits per heavy atom. The second kappa shape index (κ2) is 7.70. The maximum absolute atomic E-state index is 13.2. The smallest absolute Gasteiger partial charge is 0.253 e. The third kappa shape index (κ3) is 3.77. The van der Waals surface area contributed by atoms with Gasteiger partial charge in [-0.15, -0.1) is 0 Å². The van der Waals surface area contributed by atoms with Gasteiger partial charge in [0.2, 0.25) is 5.91 Å².